The van der Waals surface area contributed by atoms with Gasteiger partial charge in [0.05, 0.1) is 13.3 Å². The molecule has 1 aliphatic carbocycles. The van der Waals surface area contributed by atoms with E-state index in [1.165, 1.54) is 12.8 Å². The SMILES string of the molecule is ClP(Cl)[C@@H]1CCCC[C@@H]1P(Cl)Cl. The van der Waals surface area contributed by atoms with Crippen LogP contribution in [0, 0.1) is 0 Å². The van der Waals surface area contributed by atoms with Crippen molar-refractivity contribution in [3.8, 4) is 0 Å². The summed E-state index contributed by atoms with van der Waals surface area (Å²) >= 11 is 23.7. The first-order valence-corrected chi connectivity index (χ1v) is 10.3. The third kappa shape index (κ3) is 3.30. The maximum absolute atomic E-state index is 5.92. The Morgan fingerprint density at radius 1 is 0.750 bits per heavy atom. The molecule has 0 bridgehead atoms. The standard InChI is InChI=1S/C6H10Cl4P2/c7-11(8)5-3-1-2-4-6(5)12(9)10/h5-6H,1-4H2/t5-,6+. The average Bonchev–Trinajstić information content (AvgIpc) is 2.04. The number of hydrogen-bond donors (Lipinski definition) is 0. The second-order valence-electron chi connectivity index (χ2n) is 2.94. The highest BCUT2D eigenvalue weighted by Gasteiger charge is 2.34. The molecule has 2 atom stereocenters. The van der Waals surface area contributed by atoms with Crippen LogP contribution in [0.25, 0.3) is 0 Å². The molecule has 0 aromatic heterocycles. The van der Waals surface area contributed by atoms with Crippen LogP contribution in [0.2, 0.25) is 0 Å². The molecule has 72 valence electrons. The molecule has 0 heterocycles. The summed E-state index contributed by atoms with van der Waals surface area (Å²) in [5.41, 5.74) is 0.747. The Bertz CT molecular complexity index is 126. The molecule has 0 aromatic carbocycles. The Labute approximate surface area is 94.9 Å². The number of halogens is 4. The van der Waals surface area contributed by atoms with Gasteiger partial charge < -0.3 is 0 Å². The van der Waals surface area contributed by atoms with Crippen molar-refractivity contribution in [1.29, 1.82) is 0 Å². The lowest BCUT2D eigenvalue weighted by Crippen LogP contribution is -2.23. The third-order valence-electron chi connectivity index (χ3n) is 2.20. The highest BCUT2D eigenvalue weighted by atomic mass is 35.9. The lowest BCUT2D eigenvalue weighted by atomic mass is 10.00. The molecule has 1 aliphatic rings. The molecule has 0 aromatic rings. The Morgan fingerprint density at radius 3 is 1.33 bits per heavy atom. The third-order valence-corrected chi connectivity index (χ3v) is 7.68. The minimum atomic E-state index is -0.899. The van der Waals surface area contributed by atoms with E-state index < -0.39 is 13.3 Å². The summed E-state index contributed by atoms with van der Waals surface area (Å²) in [6.45, 7) is -1.80. The van der Waals surface area contributed by atoms with E-state index in [-0.39, 0.29) is 0 Å². The van der Waals surface area contributed by atoms with Crippen molar-refractivity contribution in [1.82, 2.24) is 0 Å². The quantitative estimate of drug-likeness (QED) is 0.556. The Morgan fingerprint density at radius 2 is 1.08 bits per heavy atom. The van der Waals surface area contributed by atoms with Gasteiger partial charge in [-0.1, -0.05) is 57.8 Å². The van der Waals surface area contributed by atoms with E-state index in [0.717, 1.165) is 12.8 Å². The van der Waals surface area contributed by atoms with Gasteiger partial charge in [-0.25, -0.2) is 0 Å². The molecule has 6 heteroatoms. The second-order valence-corrected chi connectivity index (χ2v) is 10.7. The topological polar surface area (TPSA) is 0 Å². The number of hydrogen-bond acceptors (Lipinski definition) is 0. The van der Waals surface area contributed by atoms with Crippen molar-refractivity contribution in [3.63, 3.8) is 0 Å². The fraction of sp³-hybridized carbons (Fsp3) is 1.00. The van der Waals surface area contributed by atoms with Crippen LogP contribution in [-0.2, 0) is 0 Å². The predicted molar refractivity (Wildman–Crippen MR) is 63.3 cm³/mol. The van der Waals surface area contributed by atoms with Gasteiger partial charge in [-0.15, -0.1) is 0 Å². The first-order chi connectivity index (χ1) is 5.63. The van der Waals surface area contributed by atoms with E-state index in [1.54, 1.807) is 0 Å². The van der Waals surface area contributed by atoms with Gasteiger partial charge in [-0.2, -0.15) is 0 Å². The predicted octanol–water partition coefficient (Wildman–Crippen LogP) is 5.88. The molecule has 0 spiro atoms. The van der Waals surface area contributed by atoms with E-state index in [1.807, 2.05) is 0 Å². The first-order valence-electron chi connectivity index (χ1n) is 3.84. The van der Waals surface area contributed by atoms with Crippen LogP contribution in [0.4, 0.5) is 0 Å². The number of rotatable bonds is 2. The van der Waals surface area contributed by atoms with E-state index in [2.05, 4.69) is 0 Å². The summed E-state index contributed by atoms with van der Waals surface area (Å²) < 4.78 is 0. The van der Waals surface area contributed by atoms with Crippen molar-refractivity contribution < 1.29 is 0 Å². The van der Waals surface area contributed by atoms with E-state index >= 15 is 0 Å². The summed E-state index contributed by atoms with van der Waals surface area (Å²) in [4.78, 5) is 0. The monoisotopic (exact) mass is 284 g/mol. The normalized spacial score (nSPS) is 31.5. The Kier molecular flexibility index (Phi) is 5.84. The maximum Gasteiger partial charge on any atom is 0.0893 e. The van der Waals surface area contributed by atoms with Gasteiger partial charge in [0.25, 0.3) is 0 Å². The van der Waals surface area contributed by atoms with Gasteiger partial charge in [0, 0.05) is 11.3 Å². The van der Waals surface area contributed by atoms with E-state index in [0.29, 0.717) is 11.3 Å². The largest absolute Gasteiger partial charge is 0.0893 e. The molecule has 0 nitrogen and oxygen atoms in total. The molecule has 1 fully saturated rings. The molecule has 0 saturated heterocycles. The highest BCUT2D eigenvalue weighted by Crippen LogP contribution is 2.65. The average molecular weight is 286 g/mol. The summed E-state index contributed by atoms with van der Waals surface area (Å²) in [5.74, 6) is 0. The van der Waals surface area contributed by atoms with Crippen molar-refractivity contribution in [2.24, 2.45) is 0 Å². The Balaban J connectivity index is 2.54. The molecule has 1 rings (SSSR count). The van der Waals surface area contributed by atoms with Crippen LogP contribution in [0.15, 0.2) is 0 Å². The summed E-state index contributed by atoms with van der Waals surface area (Å²) in [6.07, 6.45) is 4.63. The maximum atomic E-state index is 5.92. The summed E-state index contributed by atoms with van der Waals surface area (Å²) in [5, 5.41) is 0. The molecular weight excluding hydrogens is 276 g/mol. The van der Waals surface area contributed by atoms with Crippen LogP contribution in [-0.4, -0.2) is 11.3 Å². The lowest BCUT2D eigenvalue weighted by molar-refractivity contribution is 0.524. The fourth-order valence-electron chi connectivity index (χ4n) is 1.55. The minimum Gasteiger partial charge on any atom is -0.0778 e. The molecule has 12 heavy (non-hydrogen) atoms. The van der Waals surface area contributed by atoms with E-state index in [9.17, 15) is 0 Å². The molecule has 0 aliphatic heterocycles. The molecule has 1 saturated carbocycles. The molecule has 0 N–H and O–H groups in total. The molecule has 0 amide bonds. The van der Waals surface area contributed by atoms with Gasteiger partial charge in [0.1, 0.15) is 0 Å². The van der Waals surface area contributed by atoms with Gasteiger partial charge in [-0.3, -0.25) is 0 Å². The zero-order valence-corrected chi connectivity index (χ0v) is 11.2. The summed E-state index contributed by atoms with van der Waals surface area (Å²) in [6, 6.07) is 0. The summed E-state index contributed by atoms with van der Waals surface area (Å²) in [7, 11) is 0. The molecule has 0 radical (unpaired) electrons. The van der Waals surface area contributed by atoms with Crippen LogP contribution in [0.5, 0.6) is 0 Å². The van der Waals surface area contributed by atoms with Gasteiger partial charge in [-0.05, 0) is 12.8 Å². The van der Waals surface area contributed by atoms with Crippen LogP contribution in [0.1, 0.15) is 25.7 Å². The second kappa shape index (κ2) is 5.79. The highest BCUT2D eigenvalue weighted by molar-refractivity contribution is 8.07. The smallest absolute Gasteiger partial charge is 0.0778 e. The van der Waals surface area contributed by atoms with Crippen molar-refractivity contribution in [3.05, 3.63) is 0 Å². The zero-order chi connectivity index (χ0) is 9.14. The zero-order valence-electron chi connectivity index (χ0n) is 6.39. The Hall–Kier alpha value is 2.02. The van der Waals surface area contributed by atoms with Crippen molar-refractivity contribution >= 4 is 58.2 Å². The molecule has 0 unspecified atom stereocenters. The van der Waals surface area contributed by atoms with Crippen LogP contribution in [0.3, 0.4) is 0 Å². The van der Waals surface area contributed by atoms with Gasteiger partial charge in [0.2, 0.25) is 0 Å². The van der Waals surface area contributed by atoms with Crippen molar-refractivity contribution in [2.75, 3.05) is 0 Å². The van der Waals surface area contributed by atoms with E-state index in [4.69, 9.17) is 45.0 Å². The fourth-order valence-corrected chi connectivity index (χ4v) is 7.67. The van der Waals surface area contributed by atoms with Crippen molar-refractivity contribution in [2.45, 2.75) is 37.0 Å². The van der Waals surface area contributed by atoms with Gasteiger partial charge >= 0.3 is 0 Å². The van der Waals surface area contributed by atoms with Crippen LogP contribution < -0.4 is 0 Å². The minimum absolute atomic E-state index is 0.373. The van der Waals surface area contributed by atoms with Gasteiger partial charge in [0.15, 0.2) is 0 Å². The van der Waals surface area contributed by atoms with Crippen LogP contribution >= 0.6 is 58.2 Å². The molecular formula is C6H10Cl4P2. The lowest BCUT2D eigenvalue weighted by Gasteiger charge is -2.32. The first kappa shape index (κ1) is 12.1.